The quantitative estimate of drug-likeness (QED) is 0.599. The first-order valence-electron chi connectivity index (χ1n) is 4.85. The van der Waals surface area contributed by atoms with Crippen LogP contribution in [-0.2, 0) is 4.79 Å². The highest BCUT2D eigenvalue weighted by molar-refractivity contribution is 6.40. The number of carbonyl (C=O) groups excluding carboxylic acids is 1. The summed E-state index contributed by atoms with van der Waals surface area (Å²) in [5.74, 6) is 0.274. The van der Waals surface area contributed by atoms with Gasteiger partial charge < -0.3 is 4.74 Å². The number of esters is 1. The van der Waals surface area contributed by atoms with Crippen LogP contribution in [0, 0.1) is 11.8 Å². The van der Waals surface area contributed by atoms with E-state index in [9.17, 15) is 4.79 Å². The van der Waals surface area contributed by atoms with E-state index in [1.165, 1.54) is 12.1 Å². The third-order valence-corrected chi connectivity index (χ3v) is 3.36. The molecule has 86 valence electrons. The van der Waals surface area contributed by atoms with Crippen LogP contribution >= 0.6 is 34.8 Å². The van der Waals surface area contributed by atoms with Gasteiger partial charge in [-0.25, -0.2) is 0 Å². The van der Waals surface area contributed by atoms with Gasteiger partial charge in [-0.3, -0.25) is 4.79 Å². The van der Waals surface area contributed by atoms with Crippen LogP contribution in [0.15, 0.2) is 12.1 Å². The molecule has 1 aromatic carbocycles. The number of ether oxygens (including phenoxy) is 1. The fourth-order valence-corrected chi connectivity index (χ4v) is 2.35. The van der Waals surface area contributed by atoms with Crippen molar-refractivity contribution in [3.8, 4) is 5.75 Å². The van der Waals surface area contributed by atoms with E-state index in [2.05, 4.69) is 0 Å². The molecule has 1 fully saturated rings. The smallest absolute Gasteiger partial charge is 0.314 e. The Morgan fingerprint density at radius 2 is 1.81 bits per heavy atom. The first kappa shape index (κ1) is 12.0. The van der Waals surface area contributed by atoms with Gasteiger partial charge >= 0.3 is 5.97 Å². The standard InChI is InChI=1S/C11H9Cl3O2/c1-5-2-7(5)11(15)16-10-8(13)3-6(12)4-9(10)14/h3-5,7H,2H2,1H3. The van der Waals surface area contributed by atoms with Crippen molar-refractivity contribution in [1.82, 2.24) is 0 Å². The van der Waals surface area contributed by atoms with Gasteiger partial charge in [0.15, 0.2) is 5.75 Å². The number of hydrogen-bond acceptors (Lipinski definition) is 2. The SMILES string of the molecule is CC1CC1C(=O)Oc1c(Cl)cc(Cl)cc1Cl. The minimum atomic E-state index is -0.279. The molecule has 2 nitrogen and oxygen atoms in total. The zero-order valence-corrected chi connectivity index (χ0v) is 10.7. The van der Waals surface area contributed by atoms with Gasteiger partial charge in [-0.1, -0.05) is 41.7 Å². The summed E-state index contributed by atoms with van der Waals surface area (Å²) in [5, 5.41) is 0.910. The molecule has 1 aromatic rings. The van der Waals surface area contributed by atoms with Crippen LogP contribution < -0.4 is 4.74 Å². The molecule has 0 amide bonds. The lowest BCUT2D eigenvalue weighted by atomic mass is 10.3. The Hall–Kier alpha value is -0.440. The molecule has 2 atom stereocenters. The molecule has 0 bridgehead atoms. The first-order chi connectivity index (χ1) is 7.49. The fourth-order valence-electron chi connectivity index (χ4n) is 1.45. The van der Waals surface area contributed by atoms with Gasteiger partial charge in [0.05, 0.1) is 16.0 Å². The molecule has 0 aliphatic heterocycles. The predicted octanol–water partition coefficient (Wildman–Crippen LogP) is 4.21. The van der Waals surface area contributed by atoms with Crippen LogP contribution in [0.5, 0.6) is 5.75 Å². The van der Waals surface area contributed by atoms with Gasteiger partial charge in [0, 0.05) is 5.02 Å². The summed E-state index contributed by atoms with van der Waals surface area (Å²) >= 11 is 17.5. The molecule has 0 heterocycles. The van der Waals surface area contributed by atoms with E-state index in [-0.39, 0.29) is 27.7 Å². The van der Waals surface area contributed by atoms with Crippen LogP contribution in [0.4, 0.5) is 0 Å². The molecule has 0 N–H and O–H groups in total. The first-order valence-corrected chi connectivity index (χ1v) is 5.98. The van der Waals surface area contributed by atoms with Crippen LogP contribution in [0.3, 0.4) is 0 Å². The van der Waals surface area contributed by atoms with Gasteiger partial charge in [0.1, 0.15) is 0 Å². The average molecular weight is 280 g/mol. The lowest BCUT2D eigenvalue weighted by Gasteiger charge is -2.08. The minimum absolute atomic E-state index is 0.0252. The Morgan fingerprint density at radius 3 is 2.25 bits per heavy atom. The molecule has 0 aromatic heterocycles. The zero-order valence-electron chi connectivity index (χ0n) is 8.47. The number of halogens is 3. The summed E-state index contributed by atoms with van der Waals surface area (Å²) < 4.78 is 5.16. The van der Waals surface area contributed by atoms with Gasteiger partial charge in [0.2, 0.25) is 0 Å². The van der Waals surface area contributed by atoms with E-state index in [1.807, 2.05) is 6.92 Å². The molecular weight excluding hydrogens is 270 g/mol. The van der Waals surface area contributed by atoms with E-state index in [4.69, 9.17) is 39.5 Å². The van der Waals surface area contributed by atoms with E-state index < -0.39 is 0 Å². The average Bonchev–Trinajstić information content (AvgIpc) is 2.88. The molecule has 5 heteroatoms. The Morgan fingerprint density at radius 1 is 1.31 bits per heavy atom. The molecule has 16 heavy (non-hydrogen) atoms. The Balaban J connectivity index is 2.18. The maximum Gasteiger partial charge on any atom is 0.314 e. The van der Waals surface area contributed by atoms with E-state index >= 15 is 0 Å². The summed E-state index contributed by atoms with van der Waals surface area (Å²) in [6, 6.07) is 2.99. The number of benzene rings is 1. The topological polar surface area (TPSA) is 26.3 Å². The van der Waals surface area contributed by atoms with Crippen LogP contribution in [0.2, 0.25) is 15.1 Å². The highest BCUT2D eigenvalue weighted by atomic mass is 35.5. The number of rotatable bonds is 2. The predicted molar refractivity (Wildman–Crippen MR) is 64.4 cm³/mol. The largest absolute Gasteiger partial charge is 0.423 e. The van der Waals surface area contributed by atoms with Crippen LogP contribution in [-0.4, -0.2) is 5.97 Å². The minimum Gasteiger partial charge on any atom is -0.423 e. The summed E-state index contributed by atoms with van der Waals surface area (Å²) in [6.07, 6.45) is 0.863. The molecule has 1 saturated carbocycles. The van der Waals surface area contributed by atoms with E-state index in [0.717, 1.165) is 6.42 Å². The van der Waals surface area contributed by atoms with Crippen LogP contribution in [0.25, 0.3) is 0 Å². The molecule has 0 spiro atoms. The molecule has 2 unspecified atom stereocenters. The second-order valence-corrected chi connectivity index (χ2v) is 5.19. The van der Waals surface area contributed by atoms with Crippen molar-refractivity contribution in [2.45, 2.75) is 13.3 Å². The number of carbonyl (C=O) groups is 1. The fraction of sp³-hybridized carbons (Fsp3) is 0.364. The molecule has 1 aliphatic carbocycles. The normalized spacial score (nSPS) is 23.0. The molecule has 0 radical (unpaired) electrons. The summed E-state index contributed by atoms with van der Waals surface area (Å²) in [5.41, 5.74) is 0. The van der Waals surface area contributed by atoms with E-state index in [0.29, 0.717) is 10.9 Å². The van der Waals surface area contributed by atoms with Crippen molar-refractivity contribution >= 4 is 40.8 Å². The Labute approximate surface area is 108 Å². The summed E-state index contributed by atoms with van der Waals surface area (Å²) in [7, 11) is 0. The Kier molecular flexibility index (Phi) is 3.34. The highest BCUT2D eigenvalue weighted by Gasteiger charge is 2.41. The second-order valence-electron chi connectivity index (χ2n) is 3.94. The van der Waals surface area contributed by atoms with Crippen molar-refractivity contribution in [3.63, 3.8) is 0 Å². The van der Waals surface area contributed by atoms with Crippen molar-refractivity contribution < 1.29 is 9.53 Å². The summed E-state index contributed by atoms with van der Waals surface area (Å²) in [4.78, 5) is 11.6. The maximum absolute atomic E-state index is 11.6. The zero-order chi connectivity index (χ0) is 11.9. The molecule has 2 rings (SSSR count). The monoisotopic (exact) mass is 278 g/mol. The maximum atomic E-state index is 11.6. The second kappa shape index (κ2) is 4.44. The van der Waals surface area contributed by atoms with Crippen LogP contribution in [0.1, 0.15) is 13.3 Å². The van der Waals surface area contributed by atoms with Gasteiger partial charge in [-0.2, -0.15) is 0 Å². The number of hydrogen-bond donors (Lipinski definition) is 0. The summed E-state index contributed by atoms with van der Waals surface area (Å²) in [6.45, 7) is 2.00. The van der Waals surface area contributed by atoms with Crippen molar-refractivity contribution in [1.29, 1.82) is 0 Å². The molecular formula is C11H9Cl3O2. The molecule has 1 aliphatic rings. The Bertz CT molecular complexity index is 422. The van der Waals surface area contributed by atoms with Gasteiger partial charge in [-0.15, -0.1) is 0 Å². The van der Waals surface area contributed by atoms with Crippen molar-refractivity contribution in [2.75, 3.05) is 0 Å². The van der Waals surface area contributed by atoms with Gasteiger partial charge in [0.25, 0.3) is 0 Å². The third-order valence-electron chi connectivity index (χ3n) is 2.58. The van der Waals surface area contributed by atoms with E-state index in [1.54, 1.807) is 0 Å². The lowest BCUT2D eigenvalue weighted by Crippen LogP contribution is -2.11. The van der Waals surface area contributed by atoms with Gasteiger partial charge in [-0.05, 0) is 24.5 Å². The highest BCUT2D eigenvalue weighted by Crippen LogP contribution is 2.41. The lowest BCUT2D eigenvalue weighted by molar-refractivity contribution is -0.136. The van der Waals surface area contributed by atoms with Crippen molar-refractivity contribution in [3.05, 3.63) is 27.2 Å². The van der Waals surface area contributed by atoms with Crippen molar-refractivity contribution in [2.24, 2.45) is 11.8 Å². The molecule has 0 saturated heterocycles. The third kappa shape index (κ3) is 2.45.